The van der Waals surface area contributed by atoms with Crippen LogP contribution in [0.4, 0.5) is 17.1 Å². The van der Waals surface area contributed by atoms with E-state index >= 15 is 0 Å². The van der Waals surface area contributed by atoms with Gasteiger partial charge in [0.25, 0.3) is 5.91 Å². The van der Waals surface area contributed by atoms with E-state index in [-0.39, 0.29) is 5.91 Å². The van der Waals surface area contributed by atoms with E-state index in [0.717, 1.165) is 60.0 Å². The molecule has 0 spiro atoms. The first-order valence-corrected chi connectivity index (χ1v) is 12.6. The van der Waals surface area contributed by atoms with E-state index in [1.807, 2.05) is 54.6 Å². The number of imidazole rings is 1. The van der Waals surface area contributed by atoms with Crippen molar-refractivity contribution in [2.75, 3.05) is 47.5 Å². The Kier molecular flexibility index (Phi) is 6.29. The number of nitrogens with zero attached hydrogens (tertiary/aromatic N) is 2. The Balaban J connectivity index is 1.26. The zero-order chi connectivity index (χ0) is 23.5. The van der Waals surface area contributed by atoms with Gasteiger partial charge in [0.1, 0.15) is 16.8 Å². The van der Waals surface area contributed by atoms with Crippen LogP contribution in [-0.4, -0.2) is 52.6 Å². The maximum Gasteiger partial charge on any atom is 0.255 e. The second-order valence-corrected chi connectivity index (χ2v) is 9.16. The number of carbonyl (C=O) groups is 1. The van der Waals surface area contributed by atoms with E-state index in [0.29, 0.717) is 11.4 Å². The molecule has 0 radical (unpaired) electrons. The van der Waals surface area contributed by atoms with Gasteiger partial charge < -0.3 is 24.7 Å². The molecule has 0 saturated carbocycles. The first-order chi connectivity index (χ1) is 16.5. The third-order valence-corrected chi connectivity index (χ3v) is 6.19. The summed E-state index contributed by atoms with van der Waals surface area (Å²) in [5.41, 5.74) is 5.72. The predicted molar refractivity (Wildman–Crippen MR) is 137 cm³/mol. The quantitative estimate of drug-likeness (QED) is 0.391. The molecule has 1 unspecified atom stereocenters. The lowest BCUT2D eigenvalue weighted by Gasteiger charge is -2.28. The molecule has 8 nitrogen and oxygen atoms in total. The van der Waals surface area contributed by atoms with Crippen molar-refractivity contribution in [1.82, 2.24) is 9.97 Å². The lowest BCUT2D eigenvalue weighted by atomic mass is 10.1. The highest BCUT2D eigenvalue weighted by Crippen LogP contribution is 2.24. The van der Waals surface area contributed by atoms with Crippen LogP contribution < -0.4 is 14.9 Å². The van der Waals surface area contributed by atoms with Gasteiger partial charge in [0.15, 0.2) is 0 Å². The molecular formula is C25H25N5O3S. The molecule has 1 fully saturated rings. The van der Waals surface area contributed by atoms with Gasteiger partial charge in [-0.3, -0.25) is 4.79 Å². The largest absolute Gasteiger partial charge is 0.378 e. The molecule has 1 atom stereocenters. The number of aromatic nitrogens is 2. The molecule has 5 rings (SSSR count). The Morgan fingerprint density at radius 1 is 1.00 bits per heavy atom. The SMILES string of the molecule is CS(=O)Nc1ccc2nc(-c3ccc(C(=O)Nc4ccc(N5CCOCC5)cc4)cc3)[nH]c2c1. The molecule has 0 aliphatic carbocycles. The molecule has 1 amide bonds. The van der Waals surface area contributed by atoms with Crippen LogP contribution in [0.3, 0.4) is 0 Å². The van der Waals surface area contributed by atoms with Gasteiger partial charge in [-0.25, -0.2) is 9.19 Å². The molecule has 1 saturated heterocycles. The third-order valence-electron chi connectivity index (χ3n) is 5.67. The van der Waals surface area contributed by atoms with Crippen LogP contribution in [0.1, 0.15) is 10.4 Å². The van der Waals surface area contributed by atoms with Crippen molar-refractivity contribution in [2.45, 2.75) is 0 Å². The number of rotatable bonds is 6. The van der Waals surface area contributed by atoms with Gasteiger partial charge in [-0.1, -0.05) is 12.1 Å². The normalized spacial score (nSPS) is 14.7. The molecule has 34 heavy (non-hydrogen) atoms. The van der Waals surface area contributed by atoms with Crippen LogP contribution in [0.2, 0.25) is 0 Å². The van der Waals surface area contributed by atoms with Crippen molar-refractivity contribution < 1.29 is 13.7 Å². The Bertz CT molecular complexity index is 1330. The number of fused-ring (bicyclic) bond motifs is 1. The average Bonchev–Trinajstić information content (AvgIpc) is 3.28. The first-order valence-electron chi connectivity index (χ1n) is 11.0. The van der Waals surface area contributed by atoms with Crippen LogP contribution in [0, 0.1) is 0 Å². The summed E-state index contributed by atoms with van der Waals surface area (Å²) in [7, 11) is -1.14. The number of ether oxygens (including phenoxy) is 1. The topological polar surface area (TPSA) is 99.3 Å². The molecule has 1 aliphatic heterocycles. The third kappa shape index (κ3) is 4.95. The maximum absolute atomic E-state index is 12.7. The molecule has 3 N–H and O–H groups in total. The highest BCUT2D eigenvalue weighted by Gasteiger charge is 2.12. The van der Waals surface area contributed by atoms with Gasteiger partial charge in [0, 0.05) is 47.5 Å². The Morgan fingerprint density at radius 2 is 1.71 bits per heavy atom. The number of anilines is 3. The minimum Gasteiger partial charge on any atom is -0.378 e. The van der Waals surface area contributed by atoms with Gasteiger partial charge in [-0.05, 0) is 54.6 Å². The summed E-state index contributed by atoms with van der Waals surface area (Å²) in [5.74, 6) is 0.536. The van der Waals surface area contributed by atoms with Gasteiger partial charge in [0.05, 0.1) is 24.2 Å². The Hall–Kier alpha value is -3.69. The van der Waals surface area contributed by atoms with E-state index in [2.05, 4.69) is 24.9 Å². The summed E-state index contributed by atoms with van der Waals surface area (Å²) in [6, 6.07) is 20.8. The van der Waals surface area contributed by atoms with E-state index in [4.69, 9.17) is 4.74 Å². The van der Waals surface area contributed by atoms with Crippen LogP contribution in [0.25, 0.3) is 22.4 Å². The first kappa shape index (κ1) is 22.1. The molecule has 2 heterocycles. The number of nitrogens with one attached hydrogen (secondary N) is 3. The molecule has 0 bridgehead atoms. The minimum atomic E-state index is -1.14. The number of H-pyrrole nitrogens is 1. The van der Waals surface area contributed by atoms with Gasteiger partial charge in [0.2, 0.25) is 0 Å². The van der Waals surface area contributed by atoms with Crippen molar-refractivity contribution in [1.29, 1.82) is 0 Å². The zero-order valence-electron chi connectivity index (χ0n) is 18.7. The highest BCUT2D eigenvalue weighted by atomic mass is 32.2. The van der Waals surface area contributed by atoms with Gasteiger partial charge >= 0.3 is 0 Å². The lowest BCUT2D eigenvalue weighted by molar-refractivity contribution is 0.102. The number of carbonyl (C=O) groups excluding carboxylic acids is 1. The number of amides is 1. The molecule has 1 aromatic heterocycles. The van der Waals surface area contributed by atoms with E-state index in [1.165, 1.54) is 0 Å². The second kappa shape index (κ2) is 9.66. The summed E-state index contributed by atoms with van der Waals surface area (Å²) in [6.07, 6.45) is 1.58. The van der Waals surface area contributed by atoms with Crippen LogP contribution >= 0.6 is 0 Å². The molecule has 174 valence electrons. The standard InChI is InChI=1S/C25H25N5O3S/c1-34(32)29-20-8-11-22-23(16-20)28-24(27-22)17-2-4-18(5-3-17)25(31)26-19-6-9-21(10-7-19)30-12-14-33-15-13-30/h2-11,16,29H,12-15H2,1H3,(H,26,31)(H,27,28). The van der Waals surface area contributed by atoms with Crippen LogP contribution in [-0.2, 0) is 15.7 Å². The van der Waals surface area contributed by atoms with Gasteiger partial charge in [-0.15, -0.1) is 0 Å². The summed E-state index contributed by atoms with van der Waals surface area (Å²) in [4.78, 5) is 22.9. The monoisotopic (exact) mass is 475 g/mol. The number of aromatic amines is 1. The fourth-order valence-corrected chi connectivity index (χ4v) is 4.39. The van der Waals surface area contributed by atoms with Gasteiger partial charge in [-0.2, -0.15) is 0 Å². The fourth-order valence-electron chi connectivity index (χ4n) is 3.94. The summed E-state index contributed by atoms with van der Waals surface area (Å²) < 4.78 is 19.7. The fraction of sp³-hybridized carbons (Fsp3) is 0.200. The van der Waals surface area contributed by atoms with E-state index < -0.39 is 11.0 Å². The van der Waals surface area contributed by atoms with Crippen molar-refractivity contribution in [3.05, 3.63) is 72.3 Å². The van der Waals surface area contributed by atoms with Crippen LogP contribution in [0.15, 0.2) is 66.7 Å². The highest BCUT2D eigenvalue weighted by molar-refractivity contribution is 7.85. The lowest BCUT2D eigenvalue weighted by Crippen LogP contribution is -2.36. The average molecular weight is 476 g/mol. The van der Waals surface area contributed by atoms with Crippen molar-refractivity contribution in [3.63, 3.8) is 0 Å². The number of morpholine rings is 1. The molecular weight excluding hydrogens is 450 g/mol. The molecule has 3 aromatic carbocycles. The van der Waals surface area contributed by atoms with E-state index in [9.17, 15) is 9.00 Å². The molecule has 9 heteroatoms. The summed E-state index contributed by atoms with van der Waals surface area (Å²) in [5, 5.41) is 2.95. The number of benzene rings is 3. The smallest absolute Gasteiger partial charge is 0.255 e. The van der Waals surface area contributed by atoms with Crippen LogP contribution in [0.5, 0.6) is 0 Å². The Morgan fingerprint density at radius 3 is 2.41 bits per heavy atom. The van der Waals surface area contributed by atoms with E-state index in [1.54, 1.807) is 18.4 Å². The van der Waals surface area contributed by atoms with Crippen molar-refractivity contribution in [2.24, 2.45) is 0 Å². The van der Waals surface area contributed by atoms with Crippen molar-refractivity contribution >= 4 is 45.0 Å². The number of hydrogen-bond donors (Lipinski definition) is 3. The maximum atomic E-state index is 12.7. The summed E-state index contributed by atoms with van der Waals surface area (Å²) in [6.45, 7) is 3.23. The summed E-state index contributed by atoms with van der Waals surface area (Å²) >= 11 is 0. The number of hydrogen-bond acceptors (Lipinski definition) is 5. The minimum absolute atomic E-state index is 0.168. The zero-order valence-corrected chi connectivity index (χ0v) is 19.5. The molecule has 1 aliphatic rings. The van der Waals surface area contributed by atoms with Crippen molar-refractivity contribution in [3.8, 4) is 11.4 Å². The predicted octanol–water partition coefficient (Wildman–Crippen LogP) is 4.02. The second-order valence-electron chi connectivity index (χ2n) is 8.05. The molecule has 4 aromatic rings. The Labute approximate surface area is 199 Å².